The fourth-order valence-electron chi connectivity index (χ4n) is 2.68. The van der Waals surface area contributed by atoms with Crippen LogP contribution < -0.4 is 4.90 Å². The molecule has 0 radical (unpaired) electrons. The molecule has 0 saturated carbocycles. The lowest BCUT2D eigenvalue weighted by Gasteiger charge is -2.36. The van der Waals surface area contributed by atoms with Crippen molar-refractivity contribution >= 4 is 29.3 Å². The Morgan fingerprint density at radius 2 is 1.96 bits per heavy atom. The predicted molar refractivity (Wildman–Crippen MR) is 92.5 cm³/mol. The summed E-state index contributed by atoms with van der Waals surface area (Å²) in [6.45, 7) is 2.97. The van der Waals surface area contributed by atoms with Crippen LogP contribution in [0.4, 0.5) is 5.69 Å². The molecule has 0 spiro atoms. The summed E-state index contributed by atoms with van der Waals surface area (Å²) < 4.78 is 1.71. The molecular weight excluding hydrogens is 312 g/mol. The van der Waals surface area contributed by atoms with Crippen LogP contribution >= 0.6 is 11.6 Å². The summed E-state index contributed by atoms with van der Waals surface area (Å²) in [5.74, 6) is 0.0349. The summed E-state index contributed by atoms with van der Waals surface area (Å²) in [4.78, 5) is 16.3. The number of rotatable bonds is 3. The van der Waals surface area contributed by atoms with Crippen molar-refractivity contribution in [3.8, 4) is 0 Å². The summed E-state index contributed by atoms with van der Waals surface area (Å²) in [7, 11) is 1.85. The van der Waals surface area contributed by atoms with Crippen LogP contribution in [0.25, 0.3) is 6.08 Å². The van der Waals surface area contributed by atoms with Gasteiger partial charge in [-0.1, -0.05) is 23.7 Å². The van der Waals surface area contributed by atoms with Gasteiger partial charge in [0, 0.05) is 51.1 Å². The van der Waals surface area contributed by atoms with Crippen molar-refractivity contribution in [2.75, 3.05) is 31.1 Å². The van der Waals surface area contributed by atoms with Crippen LogP contribution in [0, 0.1) is 0 Å². The van der Waals surface area contributed by atoms with E-state index >= 15 is 0 Å². The molecule has 1 aromatic heterocycles. The van der Waals surface area contributed by atoms with Gasteiger partial charge in [-0.3, -0.25) is 9.48 Å². The Kier molecular flexibility index (Phi) is 4.67. The van der Waals surface area contributed by atoms with E-state index in [-0.39, 0.29) is 5.91 Å². The van der Waals surface area contributed by atoms with Crippen molar-refractivity contribution in [1.29, 1.82) is 0 Å². The highest BCUT2D eigenvalue weighted by Crippen LogP contribution is 2.26. The van der Waals surface area contributed by atoms with Crippen LogP contribution in [0.1, 0.15) is 5.56 Å². The van der Waals surface area contributed by atoms with Crippen molar-refractivity contribution in [2.24, 2.45) is 7.05 Å². The summed E-state index contributed by atoms with van der Waals surface area (Å²) in [6.07, 6.45) is 7.02. The Morgan fingerprint density at radius 1 is 1.22 bits per heavy atom. The summed E-state index contributed by atoms with van der Waals surface area (Å²) in [6, 6.07) is 7.82. The van der Waals surface area contributed by atoms with Crippen molar-refractivity contribution in [3.05, 3.63) is 53.3 Å². The molecule has 23 heavy (non-hydrogen) atoms. The van der Waals surface area contributed by atoms with E-state index in [1.807, 2.05) is 42.4 Å². The number of halogens is 1. The average molecular weight is 331 g/mol. The van der Waals surface area contributed by atoms with E-state index in [0.717, 1.165) is 29.4 Å². The maximum atomic E-state index is 12.3. The molecule has 1 fully saturated rings. The van der Waals surface area contributed by atoms with E-state index in [1.54, 1.807) is 23.0 Å². The minimum atomic E-state index is 0.0349. The smallest absolute Gasteiger partial charge is 0.246 e. The van der Waals surface area contributed by atoms with Gasteiger partial charge in [0.1, 0.15) is 0 Å². The van der Waals surface area contributed by atoms with Gasteiger partial charge in [0.15, 0.2) is 0 Å². The zero-order valence-corrected chi connectivity index (χ0v) is 13.8. The minimum Gasteiger partial charge on any atom is -0.367 e. The lowest BCUT2D eigenvalue weighted by molar-refractivity contribution is -0.126. The molecule has 1 aliphatic heterocycles. The standard InChI is InChI=1S/C17H19ClN4O/c1-20-13-14(12-19-20)6-7-17(23)22-10-8-21(9-11-22)16-5-3-2-4-15(16)18/h2-7,12-13H,8-11H2,1H3. The first-order chi connectivity index (χ1) is 11.1. The van der Waals surface area contributed by atoms with E-state index in [4.69, 9.17) is 11.6 Å². The zero-order chi connectivity index (χ0) is 16.2. The van der Waals surface area contributed by atoms with Crippen LogP contribution in [-0.2, 0) is 11.8 Å². The first kappa shape index (κ1) is 15.6. The zero-order valence-electron chi connectivity index (χ0n) is 13.0. The summed E-state index contributed by atoms with van der Waals surface area (Å²) in [5, 5.41) is 4.83. The van der Waals surface area contributed by atoms with Crippen LogP contribution in [0.3, 0.4) is 0 Å². The lowest BCUT2D eigenvalue weighted by Crippen LogP contribution is -2.48. The van der Waals surface area contributed by atoms with Gasteiger partial charge in [-0.05, 0) is 18.2 Å². The second-order valence-corrected chi connectivity index (χ2v) is 5.95. The molecule has 1 saturated heterocycles. The van der Waals surface area contributed by atoms with Gasteiger partial charge in [-0.25, -0.2) is 0 Å². The quantitative estimate of drug-likeness (QED) is 0.812. The molecular formula is C17H19ClN4O. The fraction of sp³-hybridized carbons (Fsp3) is 0.294. The second-order valence-electron chi connectivity index (χ2n) is 5.54. The number of hydrogen-bond acceptors (Lipinski definition) is 3. The van der Waals surface area contributed by atoms with Gasteiger partial charge < -0.3 is 9.80 Å². The van der Waals surface area contributed by atoms with Crippen LogP contribution in [0.2, 0.25) is 5.02 Å². The molecule has 2 aromatic rings. The topological polar surface area (TPSA) is 41.4 Å². The first-order valence-corrected chi connectivity index (χ1v) is 7.96. The predicted octanol–water partition coefficient (Wildman–Crippen LogP) is 2.44. The molecule has 0 atom stereocenters. The van der Waals surface area contributed by atoms with Gasteiger partial charge in [0.25, 0.3) is 0 Å². The number of carbonyl (C=O) groups excluding carboxylic acids is 1. The Bertz CT molecular complexity index is 717. The molecule has 0 N–H and O–H groups in total. The van der Waals surface area contributed by atoms with Crippen LogP contribution in [0.5, 0.6) is 0 Å². The second kappa shape index (κ2) is 6.87. The number of piperazine rings is 1. The number of aryl methyl sites for hydroxylation is 1. The molecule has 1 aromatic carbocycles. The van der Waals surface area contributed by atoms with E-state index in [0.29, 0.717) is 13.1 Å². The van der Waals surface area contributed by atoms with Crippen molar-refractivity contribution in [3.63, 3.8) is 0 Å². The SMILES string of the molecule is Cn1cc(C=CC(=O)N2CCN(c3ccccc3Cl)CC2)cn1. The third-order valence-electron chi connectivity index (χ3n) is 3.93. The largest absolute Gasteiger partial charge is 0.367 e. The first-order valence-electron chi connectivity index (χ1n) is 7.58. The number of benzene rings is 1. The van der Waals surface area contributed by atoms with Crippen molar-refractivity contribution < 1.29 is 4.79 Å². The van der Waals surface area contributed by atoms with Gasteiger partial charge in [-0.15, -0.1) is 0 Å². The molecule has 2 heterocycles. The van der Waals surface area contributed by atoms with E-state index in [1.165, 1.54) is 0 Å². The third kappa shape index (κ3) is 3.74. The number of hydrogen-bond donors (Lipinski definition) is 0. The Hall–Kier alpha value is -2.27. The molecule has 3 rings (SSSR count). The lowest BCUT2D eigenvalue weighted by atomic mass is 10.2. The minimum absolute atomic E-state index is 0.0349. The molecule has 5 nitrogen and oxygen atoms in total. The highest BCUT2D eigenvalue weighted by atomic mass is 35.5. The molecule has 0 unspecified atom stereocenters. The fourth-order valence-corrected chi connectivity index (χ4v) is 2.93. The molecule has 0 bridgehead atoms. The maximum absolute atomic E-state index is 12.3. The number of carbonyl (C=O) groups is 1. The number of amides is 1. The Labute approximate surface area is 140 Å². The summed E-state index contributed by atoms with van der Waals surface area (Å²) >= 11 is 6.23. The Morgan fingerprint density at radius 3 is 2.61 bits per heavy atom. The van der Waals surface area contributed by atoms with Gasteiger partial charge in [-0.2, -0.15) is 5.10 Å². The maximum Gasteiger partial charge on any atom is 0.246 e. The number of para-hydroxylation sites is 1. The normalized spacial score (nSPS) is 15.4. The average Bonchev–Trinajstić information content (AvgIpc) is 2.99. The van der Waals surface area contributed by atoms with Crippen LogP contribution in [-0.4, -0.2) is 46.8 Å². The number of anilines is 1. The van der Waals surface area contributed by atoms with E-state index in [2.05, 4.69) is 10.00 Å². The highest BCUT2D eigenvalue weighted by Gasteiger charge is 2.20. The van der Waals surface area contributed by atoms with E-state index < -0.39 is 0 Å². The van der Waals surface area contributed by atoms with Crippen LogP contribution in [0.15, 0.2) is 42.7 Å². The third-order valence-corrected chi connectivity index (χ3v) is 4.25. The molecule has 120 valence electrons. The molecule has 1 aliphatic rings. The van der Waals surface area contributed by atoms with Gasteiger partial charge in [0.05, 0.1) is 16.9 Å². The number of aromatic nitrogens is 2. The summed E-state index contributed by atoms with van der Waals surface area (Å²) in [5.41, 5.74) is 1.96. The van der Waals surface area contributed by atoms with Gasteiger partial charge in [0.2, 0.25) is 5.91 Å². The molecule has 6 heteroatoms. The monoisotopic (exact) mass is 330 g/mol. The van der Waals surface area contributed by atoms with Crippen molar-refractivity contribution in [2.45, 2.75) is 0 Å². The molecule has 1 amide bonds. The van der Waals surface area contributed by atoms with E-state index in [9.17, 15) is 4.79 Å². The molecule has 0 aliphatic carbocycles. The Balaban J connectivity index is 1.57. The highest BCUT2D eigenvalue weighted by molar-refractivity contribution is 6.33. The number of nitrogens with zero attached hydrogens (tertiary/aromatic N) is 4. The van der Waals surface area contributed by atoms with Gasteiger partial charge >= 0.3 is 0 Å². The van der Waals surface area contributed by atoms with Crippen molar-refractivity contribution in [1.82, 2.24) is 14.7 Å².